The summed E-state index contributed by atoms with van der Waals surface area (Å²) in [5.41, 5.74) is 6.66. The first kappa shape index (κ1) is 18.9. The topological polar surface area (TPSA) is 64.3 Å². The number of allylic oxidation sites excluding steroid dienone is 2. The molecule has 1 aliphatic rings. The number of thioether (sulfide) groups is 1. The largest absolute Gasteiger partial charge is 0.497 e. The molecule has 23 heavy (non-hydrogen) atoms. The van der Waals surface area contributed by atoms with E-state index in [2.05, 4.69) is 23.9 Å². The minimum atomic E-state index is -0.0133. The number of benzene rings is 1. The first-order valence-corrected chi connectivity index (χ1v) is 8.13. The average Bonchev–Trinajstić information content (AvgIpc) is 3.00. The van der Waals surface area contributed by atoms with Crippen LogP contribution in [0.1, 0.15) is 17.3 Å². The van der Waals surface area contributed by atoms with Crippen LogP contribution in [-0.2, 0) is 0 Å². The van der Waals surface area contributed by atoms with E-state index in [-0.39, 0.29) is 11.2 Å². The number of ketones is 1. The predicted octanol–water partition coefficient (Wildman–Crippen LogP) is 2.87. The molecule has 2 atom stereocenters. The Hall–Kier alpha value is -2.16. The highest BCUT2D eigenvalue weighted by molar-refractivity contribution is 8.00. The van der Waals surface area contributed by atoms with Crippen molar-refractivity contribution in [3.05, 3.63) is 48.6 Å². The highest BCUT2D eigenvalue weighted by Gasteiger charge is 2.19. The number of nitrogen functional groups attached to an aromatic ring is 1. The Morgan fingerprint density at radius 3 is 2.83 bits per heavy atom. The van der Waals surface area contributed by atoms with Gasteiger partial charge in [0.15, 0.2) is 5.78 Å². The number of nitrogens with one attached hydrogen (secondary N) is 1. The van der Waals surface area contributed by atoms with Gasteiger partial charge in [-0.3, -0.25) is 10.1 Å². The lowest BCUT2D eigenvalue weighted by atomic mass is 10.1. The van der Waals surface area contributed by atoms with E-state index in [9.17, 15) is 4.79 Å². The van der Waals surface area contributed by atoms with Gasteiger partial charge in [-0.05, 0) is 19.1 Å². The van der Waals surface area contributed by atoms with E-state index in [0.29, 0.717) is 23.0 Å². The van der Waals surface area contributed by atoms with Gasteiger partial charge in [-0.25, -0.2) is 0 Å². The summed E-state index contributed by atoms with van der Waals surface area (Å²) in [7, 11) is 1.54. The number of ether oxygens (including phenoxy) is 1. The molecule has 1 heterocycles. The molecule has 5 heteroatoms. The van der Waals surface area contributed by atoms with Gasteiger partial charge in [0.1, 0.15) is 11.1 Å². The molecule has 1 aromatic carbocycles. The van der Waals surface area contributed by atoms with Crippen molar-refractivity contribution in [3.8, 4) is 18.1 Å². The van der Waals surface area contributed by atoms with Gasteiger partial charge in [-0.1, -0.05) is 30.7 Å². The Morgan fingerprint density at radius 1 is 1.57 bits per heavy atom. The molecule has 2 unspecified atom stereocenters. The van der Waals surface area contributed by atoms with Crippen molar-refractivity contribution >= 4 is 23.2 Å². The smallest absolute Gasteiger partial charge is 0.160 e. The summed E-state index contributed by atoms with van der Waals surface area (Å²) >= 11 is 1.77. The summed E-state index contributed by atoms with van der Waals surface area (Å²) in [6.45, 7) is 5.09. The van der Waals surface area contributed by atoms with Crippen LogP contribution < -0.4 is 15.8 Å². The number of carbonyl (C=O) groups is 1. The maximum absolute atomic E-state index is 11.0. The number of methoxy groups -OCH3 is 1. The fourth-order valence-electron chi connectivity index (χ4n) is 1.85. The van der Waals surface area contributed by atoms with E-state index in [1.165, 1.54) is 6.92 Å². The van der Waals surface area contributed by atoms with Crippen molar-refractivity contribution in [3.63, 3.8) is 0 Å². The number of hydrogen-bond donors (Lipinski definition) is 2. The second-order valence-corrected chi connectivity index (χ2v) is 5.96. The minimum Gasteiger partial charge on any atom is -0.497 e. The lowest BCUT2D eigenvalue weighted by Gasteiger charge is -2.03. The van der Waals surface area contributed by atoms with Crippen LogP contribution in [0.2, 0.25) is 0 Å². The molecule has 1 saturated heterocycles. The highest BCUT2D eigenvalue weighted by Crippen LogP contribution is 2.19. The molecule has 0 bridgehead atoms. The first-order valence-electron chi connectivity index (χ1n) is 7.08. The number of rotatable bonds is 4. The SMILES string of the molecule is C#CC1NC(/C=C/C=C)CS1.COc1cc(N)cc(C(C)=O)c1. The van der Waals surface area contributed by atoms with Crippen molar-refractivity contribution < 1.29 is 9.53 Å². The molecule has 1 aromatic rings. The molecule has 0 aliphatic carbocycles. The van der Waals surface area contributed by atoms with Crippen LogP contribution in [0.3, 0.4) is 0 Å². The molecule has 2 rings (SSSR count). The fourth-order valence-corrected chi connectivity index (χ4v) is 2.83. The highest BCUT2D eigenvalue weighted by atomic mass is 32.2. The van der Waals surface area contributed by atoms with Crippen LogP contribution in [0, 0.1) is 12.3 Å². The lowest BCUT2D eigenvalue weighted by molar-refractivity contribution is 0.101. The zero-order chi connectivity index (χ0) is 17.2. The fraction of sp³-hybridized carbons (Fsp3) is 0.278. The third-order valence-electron chi connectivity index (χ3n) is 3.01. The van der Waals surface area contributed by atoms with Crippen molar-refractivity contribution in [2.24, 2.45) is 0 Å². The zero-order valence-corrected chi connectivity index (χ0v) is 14.2. The number of anilines is 1. The van der Waals surface area contributed by atoms with Crippen LogP contribution in [0.4, 0.5) is 5.69 Å². The molecule has 1 aliphatic heterocycles. The average molecular weight is 330 g/mol. The molecule has 0 saturated carbocycles. The maximum atomic E-state index is 11.0. The maximum Gasteiger partial charge on any atom is 0.160 e. The molecule has 3 N–H and O–H groups in total. The predicted molar refractivity (Wildman–Crippen MR) is 98.8 cm³/mol. The van der Waals surface area contributed by atoms with Gasteiger partial charge in [-0.2, -0.15) is 0 Å². The van der Waals surface area contributed by atoms with Crippen LogP contribution in [0.5, 0.6) is 5.75 Å². The van der Waals surface area contributed by atoms with Crippen LogP contribution >= 0.6 is 11.8 Å². The van der Waals surface area contributed by atoms with Gasteiger partial charge < -0.3 is 10.5 Å². The Bertz CT molecular complexity index is 620. The third-order valence-corrected chi connectivity index (χ3v) is 4.17. The van der Waals surface area contributed by atoms with Crippen LogP contribution in [-0.4, -0.2) is 30.1 Å². The van der Waals surface area contributed by atoms with Crippen LogP contribution in [0.15, 0.2) is 43.0 Å². The van der Waals surface area contributed by atoms with Crippen LogP contribution in [0.25, 0.3) is 0 Å². The summed E-state index contributed by atoms with van der Waals surface area (Å²) < 4.78 is 4.95. The summed E-state index contributed by atoms with van der Waals surface area (Å²) in [6, 6.07) is 5.38. The lowest BCUT2D eigenvalue weighted by Crippen LogP contribution is -2.26. The number of carbonyl (C=O) groups excluding carboxylic acids is 1. The summed E-state index contributed by atoms with van der Waals surface area (Å²) in [5, 5.41) is 3.46. The second-order valence-electron chi connectivity index (χ2n) is 4.82. The van der Waals surface area contributed by atoms with Crippen molar-refractivity contribution in [2.45, 2.75) is 18.3 Å². The Balaban J connectivity index is 0.000000231. The molecule has 4 nitrogen and oxygen atoms in total. The molecule has 122 valence electrons. The third kappa shape index (κ3) is 6.64. The van der Waals surface area contributed by atoms with Gasteiger partial charge in [0.05, 0.1) is 7.11 Å². The van der Waals surface area contributed by atoms with E-state index in [4.69, 9.17) is 16.9 Å². The number of nitrogens with two attached hydrogens (primary N) is 1. The zero-order valence-electron chi connectivity index (χ0n) is 13.4. The normalized spacial score (nSPS) is 19.5. The molecule has 0 amide bonds. The van der Waals surface area contributed by atoms with Gasteiger partial charge in [0.2, 0.25) is 0 Å². The van der Waals surface area contributed by atoms with Crippen molar-refractivity contribution in [2.75, 3.05) is 18.6 Å². The van der Waals surface area contributed by atoms with Crippen molar-refractivity contribution in [1.82, 2.24) is 5.32 Å². The van der Waals surface area contributed by atoms with E-state index < -0.39 is 0 Å². The minimum absolute atomic E-state index is 0.0133. The van der Waals surface area contributed by atoms with Gasteiger partial charge in [0.25, 0.3) is 0 Å². The molecule has 1 fully saturated rings. The van der Waals surface area contributed by atoms with Crippen molar-refractivity contribution in [1.29, 1.82) is 0 Å². The first-order chi connectivity index (χ1) is 11.0. The van der Waals surface area contributed by atoms with E-state index in [0.717, 1.165) is 5.75 Å². The molecule has 0 radical (unpaired) electrons. The second kappa shape index (κ2) is 9.78. The standard InChI is InChI=1S/C9H11NO2.C9H11NS/c1-6(11)7-3-8(10)5-9(4-7)12-2;1-3-5-6-8-7-11-9(4-2)10-8/h3-5H,10H2,1-2H3;2-3,5-6,8-10H,1,7H2/b;6-5+. The molecule has 0 spiro atoms. The Labute approximate surface area is 142 Å². The van der Waals surface area contributed by atoms with Gasteiger partial charge in [-0.15, -0.1) is 18.2 Å². The van der Waals surface area contributed by atoms with Gasteiger partial charge >= 0.3 is 0 Å². The summed E-state index contributed by atoms with van der Waals surface area (Å²) in [6.07, 6.45) is 11.0. The van der Waals surface area contributed by atoms with E-state index in [1.807, 2.05) is 6.08 Å². The number of Topliss-reactive ketones (excluding diaryl/α,β-unsaturated/α-hetero) is 1. The molecular formula is C18H22N2O2S. The number of hydrogen-bond acceptors (Lipinski definition) is 5. The van der Waals surface area contributed by atoms with E-state index >= 15 is 0 Å². The summed E-state index contributed by atoms with van der Waals surface area (Å²) in [4.78, 5) is 11.0. The quantitative estimate of drug-likeness (QED) is 0.385. The molecule has 0 aromatic heterocycles. The summed E-state index contributed by atoms with van der Waals surface area (Å²) in [5.74, 6) is 4.32. The Kier molecular flexibility index (Phi) is 8.03. The number of terminal acetylenes is 1. The molecular weight excluding hydrogens is 308 g/mol. The Morgan fingerprint density at radius 2 is 2.30 bits per heavy atom. The van der Waals surface area contributed by atoms with E-state index in [1.54, 1.807) is 43.1 Å². The van der Waals surface area contributed by atoms with Gasteiger partial charge in [0, 0.05) is 29.1 Å². The monoisotopic (exact) mass is 330 g/mol.